The van der Waals surface area contributed by atoms with Crippen LogP contribution < -0.4 is 5.32 Å². The summed E-state index contributed by atoms with van der Waals surface area (Å²) in [4.78, 5) is 9.03. The first-order valence-electron chi connectivity index (χ1n) is 10.0. The van der Waals surface area contributed by atoms with Crippen LogP contribution in [0.15, 0.2) is 72.0 Å². The number of nitrogens with one attached hydrogen (secondary N) is 1. The fourth-order valence-corrected chi connectivity index (χ4v) is 5.84. The molecule has 0 saturated heterocycles. The average molecular weight is 406 g/mol. The summed E-state index contributed by atoms with van der Waals surface area (Å²) >= 11 is 0. The van der Waals surface area contributed by atoms with Crippen LogP contribution in [0.2, 0.25) is 0 Å². The molecule has 1 N–H and O–H groups in total. The van der Waals surface area contributed by atoms with Crippen LogP contribution in [-0.4, -0.2) is 29.7 Å². The Morgan fingerprint density at radius 3 is 2.45 bits per heavy atom. The monoisotopic (exact) mass is 405 g/mol. The smallest absolute Gasteiger partial charge is 0.181 e. The second kappa shape index (κ2) is 7.26. The Morgan fingerprint density at radius 1 is 1.00 bits per heavy atom. The van der Waals surface area contributed by atoms with Crippen molar-refractivity contribution < 1.29 is 8.42 Å². The number of aromatic nitrogens is 2. The number of nitrogens with zero attached hydrogens (tertiary/aromatic N) is 2. The van der Waals surface area contributed by atoms with Crippen LogP contribution in [0.3, 0.4) is 0 Å². The molecule has 0 bridgehead atoms. The summed E-state index contributed by atoms with van der Waals surface area (Å²) in [6, 6.07) is 15.9. The van der Waals surface area contributed by atoms with E-state index in [0.29, 0.717) is 4.90 Å². The van der Waals surface area contributed by atoms with Crippen molar-refractivity contribution in [1.82, 2.24) is 9.97 Å². The van der Waals surface area contributed by atoms with Gasteiger partial charge in [0.25, 0.3) is 0 Å². The van der Waals surface area contributed by atoms with Crippen LogP contribution in [0.1, 0.15) is 35.4 Å². The van der Waals surface area contributed by atoms with Crippen molar-refractivity contribution in [3.63, 3.8) is 0 Å². The first-order chi connectivity index (χ1) is 14.1. The average Bonchev–Trinajstić information content (AvgIpc) is 3.53. The summed E-state index contributed by atoms with van der Waals surface area (Å²) in [5.41, 5.74) is 3.58. The number of benzene rings is 1. The molecule has 0 amide bonds. The van der Waals surface area contributed by atoms with Gasteiger partial charge in [-0.05, 0) is 72.7 Å². The Hall–Kier alpha value is -2.73. The zero-order chi connectivity index (χ0) is 19.8. The van der Waals surface area contributed by atoms with Gasteiger partial charge in [0.15, 0.2) is 9.84 Å². The topological polar surface area (TPSA) is 72.0 Å². The Kier molecular flexibility index (Phi) is 4.59. The minimum atomic E-state index is -3.16. The zero-order valence-electron chi connectivity index (χ0n) is 16.0. The van der Waals surface area contributed by atoms with Crippen LogP contribution in [0.25, 0.3) is 0 Å². The molecule has 1 aliphatic heterocycles. The van der Waals surface area contributed by atoms with Crippen molar-refractivity contribution in [2.24, 2.45) is 0 Å². The third-order valence-electron chi connectivity index (χ3n) is 5.94. The number of fused-ring (bicyclic) bond motifs is 1. The van der Waals surface area contributed by atoms with Crippen molar-refractivity contribution in [1.29, 1.82) is 0 Å². The summed E-state index contributed by atoms with van der Waals surface area (Å²) in [5, 5.41) is 3.40. The lowest BCUT2D eigenvalue weighted by molar-refractivity contribution is 0.572. The highest BCUT2D eigenvalue weighted by Crippen LogP contribution is 2.36. The lowest BCUT2D eigenvalue weighted by atomic mass is 9.85. The molecule has 1 aliphatic carbocycles. The van der Waals surface area contributed by atoms with Crippen molar-refractivity contribution in [3.8, 4) is 0 Å². The summed E-state index contributed by atoms with van der Waals surface area (Å²) in [6.07, 6.45) is 8.76. The lowest BCUT2D eigenvalue weighted by Gasteiger charge is -2.25. The lowest BCUT2D eigenvalue weighted by Crippen LogP contribution is -2.27. The Balaban J connectivity index is 1.45. The van der Waals surface area contributed by atoms with E-state index in [0.717, 1.165) is 37.1 Å². The molecular formula is C23H23N3O2S. The standard InChI is InChI=1S/C23H23N3O2S/c27-29(28,20-7-8-20)19-5-3-17(4-6-19)21(14-16-9-12-24-13-10-16)22-15-18-2-1-11-25-23(18)26-22/h1-6,9-13,20-22H,7-8,14-15H2,(H,25,26). The van der Waals surface area contributed by atoms with Gasteiger partial charge in [0.2, 0.25) is 0 Å². The fraction of sp³-hybridized carbons (Fsp3) is 0.304. The molecule has 5 rings (SSSR count). The molecule has 29 heavy (non-hydrogen) atoms. The van der Waals surface area contributed by atoms with E-state index in [1.807, 2.05) is 48.9 Å². The summed E-state index contributed by atoms with van der Waals surface area (Å²) in [7, 11) is -3.16. The zero-order valence-corrected chi connectivity index (χ0v) is 16.8. The third-order valence-corrected chi connectivity index (χ3v) is 8.22. The highest BCUT2D eigenvalue weighted by atomic mass is 32.2. The van der Waals surface area contributed by atoms with Crippen LogP contribution in [0, 0.1) is 0 Å². The van der Waals surface area contributed by atoms with E-state index >= 15 is 0 Å². The number of rotatable bonds is 6. The third kappa shape index (κ3) is 3.65. The summed E-state index contributed by atoms with van der Waals surface area (Å²) in [6.45, 7) is 0. The Bertz CT molecular complexity index is 1090. The van der Waals surface area contributed by atoms with E-state index in [1.165, 1.54) is 11.1 Å². The van der Waals surface area contributed by atoms with E-state index in [2.05, 4.69) is 21.4 Å². The van der Waals surface area contributed by atoms with E-state index in [4.69, 9.17) is 0 Å². The quantitative estimate of drug-likeness (QED) is 0.676. The molecule has 0 spiro atoms. The number of hydrogen-bond donors (Lipinski definition) is 1. The van der Waals surface area contributed by atoms with E-state index < -0.39 is 9.84 Å². The van der Waals surface area contributed by atoms with E-state index in [9.17, 15) is 8.42 Å². The SMILES string of the molecule is O=S(=O)(c1ccc(C(Cc2ccncc2)C2Cc3cccnc3N2)cc1)C1CC1. The van der Waals surface area contributed by atoms with E-state index in [-0.39, 0.29) is 17.2 Å². The first kappa shape index (κ1) is 18.3. The molecule has 2 unspecified atom stereocenters. The van der Waals surface area contributed by atoms with Gasteiger partial charge in [-0.15, -0.1) is 0 Å². The molecule has 1 saturated carbocycles. The first-order valence-corrected chi connectivity index (χ1v) is 11.6. The number of anilines is 1. The number of pyridine rings is 2. The Morgan fingerprint density at radius 2 is 1.76 bits per heavy atom. The molecule has 0 radical (unpaired) electrons. The predicted octanol–water partition coefficient (Wildman–Crippen LogP) is 3.78. The molecule has 148 valence electrons. The van der Waals surface area contributed by atoms with Gasteiger partial charge in [0.1, 0.15) is 5.82 Å². The second-order valence-electron chi connectivity index (χ2n) is 7.95. The number of sulfone groups is 1. The van der Waals surface area contributed by atoms with Crippen LogP contribution in [0.4, 0.5) is 5.82 Å². The van der Waals surface area contributed by atoms with Crippen LogP contribution in [-0.2, 0) is 22.7 Å². The van der Waals surface area contributed by atoms with E-state index in [1.54, 1.807) is 12.1 Å². The van der Waals surface area contributed by atoms with Gasteiger partial charge in [0.05, 0.1) is 10.1 Å². The molecular weight excluding hydrogens is 382 g/mol. The molecule has 3 heterocycles. The maximum absolute atomic E-state index is 12.5. The van der Waals surface area contributed by atoms with Crippen molar-refractivity contribution in [3.05, 3.63) is 83.8 Å². The van der Waals surface area contributed by atoms with Crippen molar-refractivity contribution >= 4 is 15.7 Å². The summed E-state index contributed by atoms with van der Waals surface area (Å²) in [5.74, 6) is 1.15. The minimum Gasteiger partial charge on any atom is -0.366 e. The van der Waals surface area contributed by atoms with Crippen molar-refractivity contribution in [2.45, 2.75) is 47.8 Å². The minimum absolute atomic E-state index is 0.182. The molecule has 3 aromatic rings. The molecule has 5 nitrogen and oxygen atoms in total. The molecule has 2 atom stereocenters. The second-order valence-corrected chi connectivity index (χ2v) is 10.2. The van der Waals surface area contributed by atoms with Gasteiger partial charge in [-0.2, -0.15) is 0 Å². The van der Waals surface area contributed by atoms with Gasteiger partial charge >= 0.3 is 0 Å². The maximum atomic E-state index is 12.5. The number of hydrogen-bond acceptors (Lipinski definition) is 5. The molecule has 2 aliphatic rings. The molecule has 1 aromatic carbocycles. The van der Waals surface area contributed by atoms with Crippen LogP contribution >= 0.6 is 0 Å². The highest BCUT2D eigenvalue weighted by molar-refractivity contribution is 7.92. The Labute approximate surface area is 171 Å². The van der Waals surface area contributed by atoms with Gasteiger partial charge in [-0.1, -0.05) is 18.2 Å². The summed E-state index contributed by atoms with van der Waals surface area (Å²) < 4.78 is 25.1. The fourth-order valence-electron chi connectivity index (χ4n) is 4.18. The van der Waals surface area contributed by atoms with Gasteiger partial charge < -0.3 is 5.32 Å². The molecule has 1 fully saturated rings. The molecule has 6 heteroatoms. The normalized spacial score (nSPS) is 19.4. The predicted molar refractivity (Wildman–Crippen MR) is 113 cm³/mol. The highest BCUT2D eigenvalue weighted by Gasteiger charge is 2.37. The maximum Gasteiger partial charge on any atom is 0.181 e. The van der Waals surface area contributed by atoms with Crippen LogP contribution in [0.5, 0.6) is 0 Å². The molecule has 2 aromatic heterocycles. The van der Waals surface area contributed by atoms with Crippen molar-refractivity contribution in [2.75, 3.05) is 5.32 Å². The van der Waals surface area contributed by atoms with Gasteiger partial charge in [0, 0.05) is 30.6 Å². The van der Waals surface area contributed by atoms with Gasteiger partial charge in [-0.3, -0.25) is 4.98 Å². The largest absolute Gasteiger partial charge is 0.366 e. The van der Waals surface area contributed by atoms with Gasteiger partial charge in [-0.25, -0.2) is 13.4 Å².